The van der Waals surface area contributed by atoms with Crippen molar-refractivity contribution in [3.05, 3.63) is 35.9 Å². The third-order valence-corrected chi connectivity index (χ3v) is 3.52. The Labute approximate surface area is 106 Å². The molecule has 1 aliphatic rings. The first-order valence-corrected chi connectivity index (χ1v) is 6.30. The first kappa shape index (κ1) is 13.4. The average Bonchev–Trinajstić information content (AvgIpc) is 2.38. The molecular weight excluding hydrogens is 236 g/mol. The molecule has 0 spiro atoms. The molecule has 4 heteroatoms. The molecule has 0 amide bonds. The van der Waals surface area contributed by atoms with Crippen LogP contribution in [-0.2, 0) is 11.3 Å². The minimum atomic E-state index is -2.68. The van der Waals surface area contributed by atoms with E-state index in [0.29, 0.717) is 19.4 Å². The fourth-order valence-electron chi connectivity index (χ4n) is 2.39. The van der Waals surface area contributed by atoms with Gasteiger partial charge in [-0.1, -0.05) is 30.3 Å². The Morgan fingerprint density at radius 3 is 2.72 bits per heavy atom. The molecule has 18 heavy (non-hydrogen) atoms. The molecule has 0 aromatic heterocycles. The van der Waals surface area contributed by atoms with Crippen molar-refractivity contribution in [2.45, 2.75) is 43.9 Å². The van der Waals surface area contributed by atoms with Gasteiger partial charge in [0.15, 0.2) is 0 Å². The van der Waals surface area contributed by atoms with Crippen molar-refractivity contribution in [3.63, 3.8) is 0 Å². The number of nitrogens with one attached hydrogen (secondary N) is 1. The van der Waals surface area contributed by atoms with Crippen molar-refractivity contribution in [2.75, 3.05) is 7.11 Å². The van der Waals surface area contributed by atoms with E-state index < -0.39 is 12.0 Å². The summed E-state index contributed by atoms with van der Waals surface area (Å²) in [5.74, 6) is -2.68. The monoisotopic (exact) mass is 255 g/mol. The third kappa shape index (κ3) is 3.27. The molecule has 2 nitrogen and oxygen atoms in total. The van der Waals surface area contributed by atoms with Gasteiger partial charge in [0.25, 0.3) is 5.92 Å². The van der Waals surface area contributed by atoms with Gasteiger partial charge in [-0.05, 0) is 18.4 Å². The Morgan fingerprint density at radius 2 is 2.06 bits per heavy atom. The van der Waals surface area contributed by atoms with Gasteiger partial charge in [-0.25, -0.2) is 8.78 Å². The van der Waals surface area contributed by atoms with Crippen LogP contribution in [0, 0.1) is 0 Å². The minimum absolute atomic E-state index is 0.0992. The van der Waals surface area contributed by atoms with Crippen LogP contribution in [0.2, 0.25) is 0 Å². The van der Waals surface area contributed by atoms with E-state index in [1.54, 1.807) is 0 Å². The van der Waals surface area contributed by atoms with Gasteiger partial charge >= 0.3 is 0 Å². The normalized spacial score (nSPS) is 27.1. The predicted molar refractivity (Wildman–Crippen MR) is 66.7 cm³/mol. The molecule has 100 valence electrons. The Hall–Kier alpha value is -1.00. The SMILES string of the molecule is CO[C@@H]1C[C@H](NCc2ccccc2)CCC1(F)F. The number of ether oxygens (including phenoxy) is 1. The summed E-state index contributed by atoms with van der Waals surface area (Å²) in [7, 11) is 1.36. The highest BCUT2D eigenvalue weighted by Gasteiger charge is 2.44. The standard InChI is InChI=1S/C14H19F2NO/c1-18-13-9-12(7-8-14(13,15)16)17-10-11-5-3-2-4-6-11/h2-6,12-13,17H,7-10H2,1H3/t12-,13-/m1/s1. The molecule has 2 rings (SSSR count). The van der Waals surface area contributed by atoms with Crippen LogP contribution in [0.3, 0.4) is 0 Å². The second kappa shape index (κ2) is 5.76. The van der Waals surface area contributed by atoms with E-state index in [1.807, 2.05) is 30.3 Å². The van der Waals surface area contributed by atoms with Crippen molar-refractivity contribution in [2.24, 2.45) is 0 Å². The van der Waals surface area contributed by atoms with Crippen LogP contribution in [0.25, 0.3) is 0 Å². The number of hydrogen-bond acceptors (Lipinski definition) is 2. The van der Waals surface area contributed by atoms with Crippen LogP contribution in [0.4, 0.5) is 8.78 Å². The summed E-state index contributed by atoms with van der Waals surface area (Å²) < 4.78 is 31.8. The van der Waals surface area contributed by atoms with Crippen LogP contribution >= 0.6 is 0 Å². The highest BCUT2D eigenvalue weighted by Crippen LogP contribution is 2.35. The Kier molecular flexibility index (Phi) is 4.30. The van der Waals surface area contributed by atoms with Crippen LogP contribution < -0.4 is 5.32 Å². The summed E-state index contributed by atoms with van der Waals surface area (Å²) in [4.78, 5) is 0. The van der Waals surface area contributed by atoms with E-state index in [1.165, 1.54) is 12.7 Å². The maximum absolute atomic E-state index is 13.5. The summed E-state index contributed by atoms with van der Waals surface area (Å²) in [6.45, 7) is 0.716. The Bertz CT molecular complexity index is 369. The summed E-state index contributed by atoms with van der Waals surface area (Å²) in [5, 5.41) is 3.33. The minimum Gasteiger partial charge on any atom is -0.375 e. The largest absolute Gasteiger partial charge is 0.375 e. The molecule has 0 aliphatic heterocycles. The molecule has 1 aliphatic carbocycles. The molecule has 1 saturated carbocycles. The van der Waals surface area contributed by atoms with Gasteiger partial charge in [0.2, 0.25) is 0 Å². The number of methoxy groups -OCH3 is 1. The van der Waals surface area contributed by atoms with Crippen LogP contribution in [0.15, 0.2) is 30.3 Å². The zero-order valence-corrected chi connectivity index (χ0v) is 10.5. The van der Waals surface area contributed by atoms with Gasteiger partial charge in [-0.15, -0.1) is 0 Å². The molecule has 0 radical (unpaired) electrons. The molecule has 0 unspecified atom stereocenters. The summed E-state index contributed by atoms with van der Waals surface area (Å²) in [6.07, 6.45) is -0.187. The molecule has 0 heterocycles. The average molecular weight is 255 g/mol. The van der Waals surface area contributed by atoms with Crippen molar-refractivity contribution in [1.29, 1.82) is 0 Å². The van der Waals surface area contributed by atoms with E-state index in [2.05, 4.69) is 5.32 Å². The van der Waals surface area contributed by atoms with Crippen molar-refractivity contribution < 1.29 is 13.5 Å². The van der Waals surface area contributed by atoms with Gasteiger partial charge in [-0.2, -0.15) is 0 Å². The molecule has 0 bridgehead atoms. The second-order valence-corrected chi connectivity index (χ2v) is 4.82. The number of alkyl halides is 2. The zero-order chi connectivity index (χ0) is 13.0. The number of benzene rings is 1. The molecule has 1 aromatic rings. The maximum atomic E-state index is 13.5. The second-order valence-electron chi connectivity index (χ2n) is 4.82. The first-order valence-electron chi connectivity index (χ1n) is 6.30. The van der Waals surface area contributed by atoms with Gasteiger partial charge in [0.1, 0.15) is 6.10 Å². The smallest absolute Gasteiger partial charge is 0.273 e. The van der Waals surface area contributed by atoms with Crippen LogP contribution in [-0.4, -0.2) is 25.2 Å². The van der Waals surface area contributed by atoms with Crippen molar-refractivity contribution in [1.82, 2.24) is 5.32 Å². The Morgan fingerprint density at radius 1 is 1.33 bits per heavy atom. The lowest BCUT2D eigenvalue weighted by molar-refractivity contribution is -0.150. The lowest BCUT2D eigenvalue weighted by Crippen LogP contribution is -2.47. The summed E-state index contributed by atoms with van der Waals surface area (Å²) >= 11 is 0. The fraction of sp³-hybridized carbons (Fsp3) is 0.571. The third-order valence-electron chi connectivity index (χ3n) is 3.52. The molecule has 2 atom stereocenters. The number of hydrogen-bond donors (Lipinski definition) is 1. The number of halogens is 2. The van der Waals surface area contributed by atoms with Gasteiger partial charge in [0, 0.05) is 26.1 Å². The Balaban J connectivity index is 1.85. The lowest BCUT2D eigenvalue weighted by atomic mass is 9.89. The predicted octanol–water partition coefficient (Wildman–Crippen LogP) is 2.98. The van der Waals surface area contributed by atoms with Gasteiger partial charge < -0.3 is 10.1 Å². The van der Waals surface area contributed by atoms with Crippen molar-refractivity contribution in [3.8, 4) is 0 Å². The molecular formula is C14H19F2NO. The van der Waals surface area contributed by atoms with E-state index in [9.17, 15) is 8.78 Å². The number of rotatable bonds is 4. The highest BCUT2D eigenvalue weighted by molar-refractivity contribution is 5.14. The van der Waals surface area contributed by atoms with Gasteiger partial charge in [-0.3, -0.25) is 0 Å². The molecule has 1 fully saturated rings. The first-order chi connectivity index (χ1) is 8.62. The summed E-state index contributed by atoms with van der Waals surface area (Å²) in [6, 6.07) is 10.1. The van der Waals surface area contributed by atoms with Crippen LogP contribution in [0.5, 0.6) is 0 Å². The topological polar surface area (TPSA) is 21.3 Å². The molecule has 1 N–H and O–H groups in total. The van der Waals surface area contributed by atoms with Crippen molar-refractivity contribution >= 4 is 0 Å². The van der Waals surface area contributed by atoms with Gasteiger partial charge in [0.05, 0.1) is 0 Å². The van der Waals surface area contributed by atoms with E-state index in [-0.39, 0.29) is 12.5 Å². The van der Waals surface area contributed by atoms with E-state index in [4.69, 9.17) is 4.74 Å². The van der Waals surface area contributed by atoms with E-state index in [0.717, 1.165) is 0 Å². The summed E-state index contributed by atoms with van der Waals surface area (Å²) in [5.41, 5.74) is 1.17. The maximum Gasteiger partial charge on any atom is 0.273 e. The quantitative estimate of drug-likeness (QED) is 0.893. The fourth-order valence-corrected chi connectivity index (χ4v) is 2.39. The zero-order valence-electron chi connectivity index (χ0n) is 10.5. The molecule has 1 aromatic carbocycles. The molecule has 0 saturated heterocycles. The van der Waals surface area contributed by atoms with E-state index >= 15 is 0 Å². The van der Waals surface area contributed by atoms with Crippen LogP contribution in [0.1, 0.15) is 24.8 Å². The highest BCUT2D eigenvalue weighted by atomic mass is 19.3. The lowest BCUT2D eigenvalue weighted by Gasteiger charge is -2.35.